The van der Waals surface area contributed by atoms with Crippen molar-refractivity contribution in [2.45, 2.75) is 90.1 Å². The summed E-state index contributed by atoms with van der Waals surface area (Å²) in [6.07, 6.45) is 6.63. The highest BCUT2D eigenvalue weighted by molar-refractivity contribution is 5.77. The number of hydrogen-bond donors (Lipinski definition) is 0. The van der Waals surface area contributed by atoms with Gasteiger partial charge in [-0.05, 0) is 73.1 Å². The smallest absolute Gasteiger partial charge is 0.425 e. The number of benzene rings is 2. The van der Waals surface area contributed by atoms with Crippen LogP contribution < -0.4 is 4.74 Å². The Morgan fingerprint density at radius 3 is 2.39 bits per heavy atom. The quantitative estimate of drug-likeness (QED) is 0.399. The van der Waals surface area contributed by atoms with Gasteiger partial charge in [-0.1, -0.05) is 63.8 Å². The van der Waals surface area contributed by atoms with Crippen molar-refractivity contribution in [3.63, 3.8) is 0 Å². The fourth-order valence-corrected chi connectivity index (χ4v) is 5.22. The molecule has 0 aromatic heterocycles. The highest BCUT2D eigenvalue weighted by Crippen LogP contribution is 2.50. The lowest BCUT2D eigenvalue weighted by Gasteiger charge is -2.32. The van der Waals surface area contributed by atoms with Gasteiger partial charge in [0.15, 0.2) is 11.6 Å². The summed E-state index contributed by atoms with van der Waals surface area (Å²) < 4.78 is 50.1. The lowest BCUT2D eigenvalue weighted by Crippen LogP contribution is -2.28. The van der Waals surface area contributed by atoms with Gasteiger partial charge in [0, 0.05) is 5.56 Å². The van der Waals surface area contributed by atoms with E-state index in [9.17, 15) is 0 Å². The molecule has 4 rings (SSSR count). The molecule has 1 saturated carbocycles. The van der Waals surface area contributed by atoms with Crippen LogP contribution in [0, 0.1) is 11.7 Å². The van der Waals surface area contributed by atoms with Crippen LogP contribution in [-0.4, -0.2) is 0 Å². The van der Waals surface area contributed by atoms with Gasteiger partial charge < -0.3 is 4.74 Å². The Kier molecular flexibility index (Phi) is 6.64. The van der Waals surface area contributed by atoms with Crippen molar-refractivity contribution < 1.29 is 17.9 Å². The SMILES string of the molecule is CCCCCCc1ccc2c(c1F)OC(F)(F)c1cc(C3CCC(CC)CC3)ccc1-2. The van der Waals surface area contributed by atoms with Crippen molar-refractivity contribution in [1.29, 1.82) is 0 Å². The van der Waals surface area contributed by atoms with E-state index in [1.807, 2.05) is 6.07 Å². The standard InChI is InChI=1S/C27H33F3O/c1-3-5-6-7-8-20-13-16-23-22-15-14-21(19-11-9-18(4-2)10-12-19)17-24(22)27(29,30)31-26(23)25(20)28/h13-19H,3-12H2,1-2H3. The van der Waals surface area contributed by atoms with Crippen molar-refractivity contribution in [1.82, 2.24) is 0 Å². The lowest BCUT2D eigenvalue weighted by atomic mass is 9.77. The Morgan fingerprint density at radius 2 is 1.68 bits per heavy atom. The number of hydrogen-bond acceptors (Lipinski definition) is 1. The minimum atomic E-state index is -3.53. The summed E-state index contributed by atoms with van der Waals surface area (Å²) in [4.78, 5) is 0. The van der Waals surface area contributed by atoms with E-state index >= 15 is 13.2 Å². The highest BCUT2D eigenvalue weighted by Gasteiger charge is 2.43. The maximum atomic E-state index is 15.1. The molecule has 0 bridgehead atoms. The van der Waals surface area contributed by atoms with Crippen LogP contribution in [0.3, 0.4) is 0 Å². The number of ether oxygens (including phenoxy) is 1. The van der Waals surface area contributed by atoms with Crippen LogP contribution in [0.2, 0.25) is 0 Å². The van der Waals surface area contributed by atoms with Crippen LogP contribution in [0.15, 0.2) is 30.3 Å². The van der Waals surface area contributed by atoms with Gasteiger partial charge in [-0.3, -0.25) is 0 Å². The maximum absolute atomic E-state index is 15.1. The van der Waals surface area contributed by atoms with E-state index in [1.54, 1.807) is 24.3 Å². The third-order valence-electron chi connectivity index (χ3n) is 7.25. The molecule has 0 spiro atoms. The van der Waals surface area contributed by atoms with Gasteiger partial charge in [0.25, 0.3) is 0 Å². The van der Waals surface area contributed by atoms with Crippen LogP contribution >= 0.6 is 0 Å². The van der Waals surface area contributed by atoms with Gasteiger partial charge in [0.1, 0.15) is 0 Å². The molecule has 0 saturated heterocycles. The molecule has 2 aliphatic rings. The van der Waals surface area contributed by atoms with Gasteiger partial charge in [-0.15, -0.1) is 0 Å². The molecule has 168 valence electrons. The summed E-state index contributed by atoms with van der Waals surface area (Å²) in [5.41, 5.74) is 2.09. The van der Waals surface area contributed by atoms with E-state index in [0.717, 1.165) is 62.8 Å². The molecule has 0 N–H and O–H groups in total. The van der Waals surface area contributed by atoms with Crippen molar-refractivity contribution >= 4 is 0 Å². The molecule has 2 aromatic rings. The molecule has 0 amide bonds. The molecule has 31 heavy (non-hydrogen) atoms. The Morgan fingerprint density at radius 1 is 0.935 bits per heavy atom. The number of fused-ring (bicyclic) bond motifs is 3. The van der Waals surface area contributed by atoms with Crippen LogP contribution in [0.5, 0.6) is 5.75 Å². The third-order valence-corrected chi connectivity index (χ3v) is 7.25. The van der Waals surface area contributed by atoms with Crippen LogP contribution in [-0.2, 0) is 12.5 Å². The largest absolute Gasteiger partial charge is 0.427 e. The number of rotatable bonds is 7. The molecule has 1 fully saturated rings. The van der Waals surface area contributed by atoms with Crippen LogP contribution in [0.25, 0.3) is 11.1 Å². The second-order valence-electron chi connectivity index (χ2n) is 9.28. The summed E-state index contributed by atoms with van der Waals surface area (Å²) in [5, 5.41) is 0. The zero-order valence-corrected chi connectivity index (χ0v) is 18.7. The molecule has 1 aliphatic heterocycles. The van der Waals surface area contributed by atoms with E-state index in [0.29, 0.717) is 29.0 Å². The molecule has 1 heterocycles. The fraction of sp³-hybridized carbons (Fsp3) is 0.556. The monoisotopic (exact) mass is 430 g/mol. The minimum Gasteiger partial charge on any atom is -0.425 e. The Bertz CT molecular complexity index is 913. The fourth-order valence-electron chi connectivity index (χ4n) is 5.22. The summed E-state index contributed by atoms with van der Waals surface area (Å²) in [5.74, 6) is 0.125. The predicted molar refractivity (Wildman–Crippen MR) is 119 cm³/mol. The predicted octanol–water partition coefficient (Wildman–Crippen LogP) is 8.74. The molecule has 0 atom stereocenters. The molecular weight excluding hydrogens is 397 g/mol. The maximum Gasteiger partial charge on any atom is 0.427 e. The van der Waals surface area contributed by atoms with Crippen LogP contribution in [0.4, 0.5) is 13.2 Å². The molecule has 0 unspecified atom stereocenters. The van der Waals surface area contributed by atoms with E-state index in [1.165, 1.54) is 6.42 Å². The number of unbranched alkanes of at least 4 members (excludes halogenated alkanes) is 3. The molecule has 4 heteroatoms. The summed E-state index contributed by atoms with van der Waals surface area (Å²) in [6.45, 7) is 4.34. The Balaban J connectivity index is 1.62. The summed E-state index contributed by atoms with van der Waals surface area (Å²) in [6, 6.07) is 8.78. The van der Waals surface area contributed by atoms with Gasteiger partial charge >= 0.3 is 6.11 Å². The van der Waals surface area contributed by atoms with Crippen molar-refractivity contribution in [2.24, 2.45) is 5.92 Å². The molecule has 1 nitrogen and oxygen atoms in total. The molecular formula is C27H33F3O. The van der Waals surface area contributed by atoms with Gasteiger partial charge in [-0.2, -0.15) is 8.78 Å². The van der Waals surface area contributed by atoms with Gasteiger partial charge in [0.05, 0.1) is 5.56 Å². The Labute approximate surface area is 184 Å². The second kappa shape index (κ2) is 9.26. The van der Waals surface area contributed by atoms with Gasteiger partial charge in [0.2, 0.25) is 0 Å². The molecule has 2 aromatic carbocycles. The Hall–Kier alpha value is -1.97. The van der Waals surface area contributed by atoms with Crippen LogP contribution in [0.1, 0.15) is 94.2 Å². The van der Waals surface area contributed by atoms with E-state index in [2.05, 4.69) is 13.8 Å². The first-order chi connectivity index (χ1) is 14.9. The zero-order chi connectivity index (χ0) is 22.0. The van der Waals surface area contributed by atoms with Gasteiger partial charge in [-0.25, -0.2) is 4.39 Å². The third kappa shape index (κ3) is 4.49. The zero-order valence-electron chi connectivity index (χ0n) is 18.7. The first-order valence-electron chi connectivity index (χ1n) is 12.0. The van der Waals surface area contributed by atoms with Crippen molar-refractivity contribution in [3.8, 4) is 16.9 Å². The van der Waals surface area contributed by atoms with Crippen molar-refractivity contribution in [2.75, 3.05) is 0 Å². The minimum absolute atomic E-state index is 0.134. The topological polar surface area (TPSA) is 9.23 Å². The van der Waals surface area contributed by atoms with E-state index in [4.69, 9.17) is 4.74 Å². The lowest BCUT2D eigenvalue weighted by molar-refractivity contribution is -0.188. The van der Waals surface area contributed by atoms with E-state index < -0.39 is 11.9 Å². The highest BCUT2D eigenvalue weighted by atomic mass is 19.3. The average molecular weight is 431 g/mol. The average Bonchev–Trinajstić information content (AvgIpc) is 2.78. The normalized spacial score (nSPS) is 21.8. The first kappa shape index (κ1) is 22.2. The summed E-state index contributed by atoms with van der Waals surface area (Å²) in [7, 11) is 0. The van der Waals surface area contributed by atoms with Crippen molar-refractivity contribution in [3.05, 3.63) is 52.8 Å². The first-order valence-corrected chi connectivity index (χ1v) is 12.0. The summed E-state index contributed by atoms with van der Waals surface area (Å²) >= 11 is 0. The number of aryl methyl sites for hydroxylation is 1. The number of alkyl halides is 2. The molecule has 0 radical (unpaired) electrons. The number of halogens is 3. The van der Waals surface area contributed by atoms with E-state index in [-0.39, 0.29) is 11.3 Å². The molecule has 1 aliphatic carbocycles. The second-order valence-corrected chi connectivity index (χ2v) is 9.28.